The largest absolute Gasteiger partial charge is 0.458 e. The van der Waals surface area contributed by atoms with E-state index in [1.54, 1.807) is 24.3 Å². The van der Waals surface area contributed by atoms with E-state index >= 15 is 0 Å². The van der Waals surface area contributed by atoms with E-state index in [1.807, 2.05) is 64.1 Å². The number of carbonyl (C=O) groups is 1. The van der Waals surface area contributed by atoms with Gasteiger partial charge in [-0.3, -0.25) is 0 Å². The fourth-order valence-electron chi connectivity index (χ4n) is 6.22. The summed E-state index contributed by atoms with van der Waals surface area (Å²) < 4.78 is 16.9. The van der Waals surface area contributed by atoms with Crippen molar-refractivity contribution in [1.29, 1.82) is 0 Å². The fourth-order valence-corrected chi connectivity index (χ4v) is 6.22. The van der Waals surface area contributed by atoms with Crippen LogP contribution in [0.15, 0.2) is 121 Å². The first-order valence-electron chi connectivity index (χ1n) is 18.9. The molecule has 0 aliphatic carbocycles. The van der Waals surface area contributed by atoms with Crippen molar-refractivity contribution in [3.05, 3.63) is 194 Å². The maximum absolute atomic E-state index is 12.4. The van der Waals surface area contributed by atoms with Crippen molar-refractivity contribution in [2.24, 2.45) is 0 Å². The normalized spacial score (nSPS) is 10.7. The van der Waals surface area contributed by atoms with E-state index in [-0.39, 0.29) is 12.8 Å². The first-order valence-corrected chi connectivity index (χ1v) is 18.9. The van der Waals surface area contributed by atoms with Gasteiger partial charge in [-0.1, -0.05) is 107 Å². The number of benzene rings is 6. The maximum atomic E-state index is 12.4. The molecule has 0 aliphatic rings. The monoisotopic (exact) mass is 718 g/mol. The zero-order chi connectivity index (χ0) is 38.6. The van der Waals surface area contributed by atoms with Crippen LogP contribution < -0.4 is 14.2 Å². The summed E-state index contributed by atoms with van der Waals surface area (Å²) in [6, 6.07) is 41.2. The van der Waals surface area contributed by atoms with Crippen molar-refractivity contribution in [2.45, 2.75) is 81.1 Å². The first kappa shape index (κ1) is 39.6. The van der Waals surface area contributed by atoms with Crippen LogP contribution in [0, 0.1) is 55.4 Å². The van der Waals surface area contributed by atoms with Crippen LogP contribution in [0.4, 0.5) is 0 Å². The van der Waals surface area contributed by atoms with Gasteiger partial charge < -0.3 is 14.2 Å². The molecule has 6 aromatic rings. The maximum Gasteiger partial charge on any atom is 0.343 e. The molecule has 0 aromatic heterocycles. The molecular weight excluding hydrogens is 665 g/mol. The minimum atomic E-state index is -0.376. The Labute approximate surface area is 322 Å². The molecule has 6 rings (SSSR count). The standard InChI is InChI=1S/C26H30.C24H24O4/c1-19-5-9-23(10-6-19)13-15-25-17-18-26(22(4)21(25)3)16-14-24-11-7-20(2)8-12-24;1-16-5-9-20(10-6-16)24(25)28-23-14-13-22(18(3)19(23)4)27-15-26-21-11-7-17(2)8-12-21/h5-12,17-18H,13-16H2,1-4H3;5-14H,15H2,1-4H3. The molecule has 4 nitrogen and oxygen atoms in total. The van der Waals surface area contributed by atoms with E-state index in [0.29, 0.717) is 17.1 Å². The minimum Gasteiger partial charge on any atom is -0.458 e. The van der Waals surface area contributed by atoms with Gasteiger partial charge in [0.15, 0.2) is 0 Å². The average molecular weight is 719 g/mol. The van der Waals surface area contributed by atoms with Crippen LogP contribution in [0.3, 0.4) is 0 Å². The Morgan fingerprint density at radius 3 is 1.30 bits per heavy atom. The third-order valence-corrected chi connectivity index (χ3v) is 10.3. The van der Waals surface area contributed by atoms with Gasteiger partial charge in [-0.2, -0.15) is 0 Å². The van der Waals surface area contributed by atoms with Crippen molar-refractivity contribution < 1.29 is 19.0 Å². The summed E-state index contributed by atoms with van der Waals surface area (Å²) in [5, 5.41) is 0. The van der Waals surface area contributed by atoms with Gasteiger partial charge in [0, 0.05) is 0 Å². The Bertz CT molecular complexity index is 2050. The number of hydrogen-bond donors (Lipinski definition) is 0. The molecule has 0 saturated carbocycles. The Morgan fingerprint density at radius 2 is 0.815 bits per heavy atom. The predicted octanol–water partition coefficient (Wildman–Crippen LogP) is 12.0. The minimum absolute atomic E-state index is 0.103. The topological polar surface area (TPSA) is 44.8 Å². The second-order valence-electron chi connectivity index (χ2n) is 14.4. The molecule has 54 heavy (non-hydrogen) atoms. The summed E-state index contributed by atoms with van der Waals surface area (Å²) in [5.74, 6) is 1.59. The second-order valence-corrected chi connectivity index (χ2v) is 14.4. The van der Waals surface area contributed by atoms with Gasteiger partial charge in [-0.25, -0.2) is 4.79 Å². The van der Waals surface area contributed by atoms with Gasteiger partial charge >= 0.3 is 5.97 Å². The van der Waals surface area contributed by atoms with Crippen molar-refractivity contribution in [1.82, 2.24) is 0 Å². The molecule has 0 aliphatic heterocycles. The molecule has 0 amide bonds. The number of aryl methyl sites for hydroxylation is 8. The van der Waals surface area contributed by atoms with Crippen molar-refractivity contribution in [3.8, 4) is 17.2 Å². The third-order valence-electron chi connectivity index (χ3n) is 10.3. The van der Waals surface area contributed by atoms with E-state index < -0.39 is 0 Å². The van der Waals surface area contributed by atoms with Crippen LogP contribution in [0.2, 0.25) is 0 Å². The summed E-state index contributed by atoms with van der Waals surface area (Å²) in [6.45, 7) is 16.8. The molecule has 0 spiro atoms. The van der Waals surface area contributed by atoms with E-state index in [1.165, 1.54) is 50.1 Å². The van der Waals surface area contributed by atoms with Crippen LogP contribution >= 0.6 is 0 Å². The highest BCUT2D eigenvalue weighted by Crippen LogP contribution is 2.30. The molecule has 0 unspecified atom stereocenters. The first-order chi connectivity index (χ1) is 26.0. The van der Waals surface area contributed by atoms with Crippen LogP contribution in [-0.4, -0.2) is 12.8 Å². The highest BCUT2D eigenvalue weighted by molar-refractivity contribution is 5.91. The van der Waals surface area contributed by atoms with Gasteiger partial charge in [-0.15, -0.1) is 0 Å². The van der Waals surface area contributed by atoms with E-state index in [9.17, 15) is 4.79 Å². The van der Waals surface area contributed by atoms with Gasteiger partial charge in [-0.05, 0) is 162 Å². The summed E-state index contributed by atoms with van der Waals surface area (Å²) in [4.78, 5) is 12.4. The van der Waals surface area contributed by atoms with Gasteiger partial charge in [0.25, 0.3) is 0 Å². The highest BCUT2D eigenvalue weighted by Gasteiger charge is 2.14. The fraction of sp³-hybridized carbons (Fsp3) is 0.260. The van der Waals surface area contributed by atoms with Crippen molar-refractivity contribution in [3.63, 3.8) is 0 Å². The molecule has 0 atom stereocenters. The molecular formula is C50H54O4. The van der Waals surface area contributed by atoms with Gasteiger partial charge in [0.05, 0.1) is 5.56 Å². The lowest BCUT2D eigenvalue weighted by Gasteiger charge is -2.15. The summed E-state index contributed by atoms with van der Waals surface area (Å²) in [5.41, 5.74) is 16.0. The quantitative estimate of drug-likeness (QED) is 0.0718. The second kappa shape index (κ2) is 18.9. The zero-order valence-corrected chi connectivity index (χ0v) is 33.2. The Kier molecular flexibility index (Phi) is 13.9. The molecule has 0 fully saturated rings. The number of ether oxygens (including phenoxy) is 3. The van der Waals surface area contributed by atoms with Gasteiger partial charge in [0.2, 0.25) is 6.79 Å². The molecule has 0 heterocycles. The Hall–Kier alpha value is -5.61. The molecule has 0 saturated heterocycles. The summed E-state index contributed by atoms with van der Waals surface area (Å²) in [6.07, 6.45) is 4.47. The lowest BCUT2D eigenvalue weighted by molar-refractivity contribution is 0.0732. The van der Waals surface area contributed by atoms with E-state index in [2.05, 4.69) is 88.4 Å². The third kappa shape index (κ3) is 11.2. The Balaban J connectivity index is 0.000000208. The van der Waals surface area contributed by atoms with E-state index in [4.69, 9.17) is 14.2 Å². The molecule has 0 bridgehead atoms. The van der Waals surface area contributed by atoms with Crippen LogP contribution in [-0.2, 0) is 25.7 Å². The zero-order valence-electron chi connectivity index (χ0n) is 33.2. The van der Waals surface area contributed by atoms with Crippen molar-refractivity contribution in [2.75, 3.05) is 6.79 Å². The van der Waals surface area contributed by atoms with Crippen LogP contribution in [0.25, 0.3) is 0 Å². The molecule has 6 aromatic carbocycles. The highest BCUT2D eigenvalue weighted by atomic mass is 16.7. The van der Waals surface area contributed by atoms with Crippen LogP contribution in [0.5, 0.6) is 17.2 Å². The van der Waals surface area contributed by atoms with Crippen molar-refractivity contribution >= 4 is 5.97 Å². The predicted molar refractivity (Wildman–Crippen MR) is 222 cm³/mol. The number of carbonyl (C=O) groups excluding carboxylic acids is 1. The molecule has 278 valence electrons. The number of hydrogen-bond acceptors (Lipinski definition) is 4. The smallest absolute Gasteiger partial charge is 0.343 e. The summed E-state index contributed by atoms with van der Waals surface area (Å²) in [7, 11) is 0. The van der Waals surface area contributed by atoms with Gasteiger partial charge in [0.1, 0.15) is 17.2 Å². The molecule has 0 radical (unpaired) electrons. The lowest BCUT2D eigenvalue weighted by Crippen LogP contribution is -2.11. The van der Waals surface area contributed by atoms with E-state index in [0.717, 1.165) is 48.1 Å². The molecule has 4 heteroatoms. The summed E-state index contributed by atoms with van der Waals surface area (Å²) >= 11 is 0. The van der Waals surface area contributed by atoms with Crippen LogP contribution in [0.1, 0.15) is 77.1 Å². The average Bonchev–Trinajstić information content (AvgIpc) is 3.17. The number of esters is 1. The lowest BCUT2D eigenvalue weighted by atomic mass is 9.91. The SMILES string of the molecule is Cc1ccc(CCc2ccc(CCc3ccc(C)cc3)c(C)c2C)cc1.Cc1ccc(OCOc2ccc(OC(=O)c3ccc(C)cc3)c(C)c2C)cc1. The molecule has 0 N–H and O–H groups in total. The number of rotatable bonds is 12. The Morgan fingerprint density at radius 1 is 0.407 bits per heavy atom.